The zero-order chi connectivity index (χ0) is 12.8. The summed E-state index contributed by atoms with van der Waals surface area (Å²) in [4.78, 5) is 2.07. The van der Waals surface area contributed by atoms with E-state index in [1.807, 2.05) is 30.3 Å². The van der Waals surface area contributed by atoms with Crippen molar-refractivity contribution in [3.05, 3.63) is 35.9 Å². The van der Waals surface area contributed by atoms with Crippen LogP contribution in [0.1, 0.15) is 12.0 Å². The fourth-order valence-corrected chi connectivity index (χ4v) is 2.22. The van der Waals surface area contributed by atoms with Gasteiger partial charge in [0.1, 0.15) is 0 Å². The molecule has 0 aromatic heterocycles. The Kier molecular flexibility index (Phi) is 5.13. The molecule has 1 aliphatic rings. The third-order valence-electron chi connectivity index (χ3n) is 3.14. The average molecular weight is 251 g/mol. The first-order valence-electron chi connectivity index (χ1n) is 6.44. The molecule has 1 unspecified atom stereocenters. The molecule has 2 rings (SSSR count). The SMILES string of the molecule is OC(COCc1ccccc1)CN1CC[C@@H](O)C1. The number of hydrogen-bond donors (Lipinski definition) is 2. The third kappa shape index (κ3) is 4.38. The molecule has 2 atom stereocenters. The summed E-state index contributed by atoms with van der Waals surface area (Å²) in [5.74, 6) is 0. The van der Waals surface area contributed by atoms with Crippen molar-refractivity contribution < 1.29 is 14.9 Å². The minimum atomic E-state index is -0.487. The molecule has 1 aliphatic heterocycles. The first-order valence-corrected chi connectivity index (χ1v) is 6.44. The van der Waals surface area contributed by atoms with Crippen molar-refractivity contribution in [3.8, 4) is 0 Å². The van der Waals surface area contributed by atoms with Crippen molar-refractivity contribution in [2.45, 2.75) is 25.2 Å². The van der Waals surface area contributed by atoms with Gasteiger partial charge in [0.25, 0.3) is 0 Å². The molecule has 0 bridgehead atoms. The summed E-state index contributed by atoms with van der Waals surface area (Å²) in [5, 5.41) is 19.2. The molecule has 0 amide bonds. The summed E-state index contributed by atoms with van der Waals surface area (Å²) < 4.78 is 5.48. The number of aliphatic hydroxyl groups is 2. The lowest BCUT2D eigenvalue weighted by Gasteiger charge is -2.19. The molecule has 0 radical (unpaired) electrons. The number of hydrogen-bond acceptors (Lipinski definition) is 4. The van der Waals surface area contributed by atoms with E-state index in [4.69, 9.17) is 4.74 Å². The topological polar surface area (TPSA) is 52.9 Å². The van der Waals surface area contributed by atoms with E-state index >= 15 is 0 Å². The summed E-state index contributed by atoms with van der Waals surface area (Å²) >= 11 is 0. The number of likely N-dealkylation sites (tertiary alicyclic amines) is 1. The standard InChI is InChI=1S/C14H21NO3/c16-13-6-7-15(8-13)9-14(17)11-18-10-12-4-2-1-3-5-12/h1-5,13-14,16-17H,6-11H2/t13-,14?/m1/s1. The fraction of sp³-hybridized carbons (Fsp3) is 0.571. The Hall–Kier alpha value is -0.940. The molecule has 0 spiro atoms. The van der Waals surface area contributed by atoms with E-state index < -0.39 is 6.10 Å². The quantitative estimate of drug-likeness (QED) is 0.778. The van der Waals surface area contributed by atoms with Gasteiger partial charge in [0, 0.05) is 19.6 Å². The van der Waals surface area contributed by atoms with Gasteiger partial charge in [-0.1, -0.05) is 30.3 Å². The zero-order valence-electron chi connectivity index (χ0n) is 10.5. The van der Waals surface area contributed by atoms with Gasteiger partial charge in [-0.25, -0.2) is 0 Å². The molecule has 18 heavy (non-hydrogen) atoms. The van der Waals surface area contributed by atoms with Gasteiger partial charge >= 0.3 is 0 Å². The van der Waals surface area contributed by atoms with E-state index in [0.29, 0.717) is 26.3 Å². The Balaban J connectivity index is 1.61. The van der Waals surface area contributed by atoms with Gasteiger partial charge in [-0.15, -0.1) is 0 Å². The van der Waals surface area contributed by atoms with Crippen LogP contribution in [0.25, 0.3) is 0 Å². The van der Waals surface area contributed by atoms with E-state index in [-0.39, 0.29) is 6.10 Å². The molecule has 0 saturated carbocycles. The second-order valence-electron chi connectivity index (χ2n) is 4.86. The molecule has 1 aromatic carbocycles. The number of β-amino-alcohol motifs (C(OH)–C–C–N with tert-alkyl or cyclic N) is 2. The van der Waals surface area contributed by atoms with Gasteiger partial charge in [0.15, 0.2) is 0 Å². The van der Waals surface area contributed by atoms with Crippen LogP contribution in [0.4, 0.5) is 0 Å². The highest BCUT2D eigenvalue weighted by molar-refractivity contribution is 5.13. The van der Waals surface area contributed by atoms with Crippen LogP contribution in [0, 0.1) is 0 Å². The summed E-state index contributed by atoms with van der Waals surface area (Å²) in [7, 11) is 0. The maximum absolute atomic E-state index is 9.83. The van der Waals surface area contributed by atoms with Gasteiger partial charge in [-0.2, -0.15) is 0 Å². The Bertz CT molecular complexity index is 344. The molecule has 0 aliphatic carbocycles. The first kappa shape index (κ1) is 13.5. The highest BCUT2D eigenvalue weighted by atomic mass is 16.5. The van der Waals surface area contributed by atoms with Gasteiger partial charge < -0.3 is 14.9 Å². The molecule has 100 valence electrons. The highest BCUT2D eigenvalue weighted by Crippen LogP contribution is 2.09. The van der Waals surface area contributed by atoms with Crippen LogP contribution in [0.3, 0.4) is 0 Å². The molecule has 2 N–H and O–H groups in total. The normalized spacial score (nSPS) is 22.2. The predicted molar refractivity (Wildman–Crippen MR) is 69.2 cm³/mol. The lowest BCUT2D eigenvalue weighted by atomic mass is 10.2. The molecule has 1 heterocycles. The number of benzene rings is 1. The molecule has 1 aromatic rings. The third-order valence-corrected chi connectivity index (χ3v) is 3.14. The zero-order valence-corrected chi connectivity index (χ0v) is 10.5. The van der Waals surface area contributed by atoms with Crippen molar-refractivity contribution in [2.24, 2.45) is 0 Å². The number of aliphatic hydroxyl groups excluding tert-OH is 2. The van der Waals surface area contributed by atoms with Crippen LogP contribution in [-0.4, -0.2) is 53.6 Å². The predicted octanol–water partition coefficient (Wildman–Crippen LogP) is 0.631. The van der Waals surface area contributed by atoms with Gasteiger partial charge in [-0.05, 0) is 12.0 Å². The molecule has 4 nitrogen and oxygen atoms in total. The number of rotatable bonds is 6. The summed E-state index contributed by atoms with van der Waals surface area (Å²) in [6, 6.07) is 9.92. The maximum Gasteiger partial charge on any atom is 0.0900 e. The van der Waals surface area contributed by atoms with Crippen LogP contribution in [0.15, 0.2) is 30.3 Å². The Morgan fingerprint density at radius 3 is 2.78 bits per heavy atom. The Labute approximate surface area is 108 Å². The van der Waals surface area contributed by atoms with Crippen molar-refractivity contribution in [1.82, 2.24) is 4.90 Å². The summed E-state index contributed by atoms with van der Waals surface area (Å²) in [6.07, 6.45) is 0.0823. The molecular formula is C14H21NO3. The summed E-state index contributed by atoms with van der Waals surface area (Å²) in [6.45, 7) is 2.96. The largest absolute Gasteiger partial charge is 0.392 e. The average Bonchev–Trinajstić information content (AvgIpc) is 2.76. The van der Waals surface area contributed by atoms with Crippen LogP contribution in [0.5, 0.6) is 0 Å². The van der Waals surface area contributed by atoms with Crippen molar-refractivity contribution >= 4 is 0 Å². The van der Waals surface area contributed by atoms with Gasteiger partial charge in [0.05, 0.1) is 25.4 Å². The smallest absolute Gasteiger partial charge is 0.0900 e. The molecule has 1 saturated heterocycles. The van der Waals surface area contributed by atoms with Crippen LogP contribution < -0.4 is 0 Å². The fourth-order valence-electron chi connectivity index (χ4n) is 2.22. The van der Waals surface area contributed by atoms with E-state index in [9.17, 15) is 10.2 Å². The second kappa shape index (κ2) is 6.85. The monoisotopic (exact) mass is 251 g/mol. The van der Waals surface area contributed by atoms with Crippen molar-refractivity contribution in [3.63, 3.8) is 0 Å². The molecule has 4 heteroatoms. The van der Waals surface area contributed by atoms with E-state index in [2.05, 4.69) is 4.90 Å². The van der Waals surface area contributed by atoms with E-state index in [0.717, 1.165) is 18.5 Å². The van der Waals surface area contributed by atoms with Crippen molar-refractivity contribution in [1.29, 1.82) is 0 Å². The lowest BCUT2D eigenvalue weighted by molar-refractivity contribution is 0.0118. The van der Waals surface area contributed by atoms with Crippen LogP contribution in [0.2, 0.25) is 0 Å². The van der Waals surface area contributed by atoms with Gasteiger partial charge in [-0.3, -0.25) is 4.90 Å². The number of nitrogens with zero attached hydrogens (tertiary/aromatic N) is 1. The lowest BCUT2D eigenvalue weighted by Crippen LogP contribution is -2.33. The second-order valence-corrected chi connectivity index (χ2v) is 4.86. The van der Waals surface area contributed by atoms with Crippen LogP contribution >= 0.6 is 0 Å². The first-order chi connectivity index (χ1) is 8.74. The van der Waals surface area contributed by atoms with E-state index in [1.165, 1.54) is 0 Å². The minimum absolute atomic E-state index is 0.234. The maximum atomic E-state index is 9.83. The van der Waals surface area contributed by atoms with Crippen LogP contribution in [-0.2, 0) is 11.3 Å². The molecule has 1 fully saturated rings. The van der Waals surface area contributed by atoms with E-state index in [1.54, 1.807) is 0 Å². The summed E-state index contributed by atoms with van der Waals surface area (Å²) in [5.41, 5.74) is 1.11. The number of ether oxygens (including phenoxy) is 1. The Morgan fingerprint density at radius 2 is 2.11 bits per heavy atom. The highest BCUT2D eigenvalue weighted by Gasteiger charge is 2.22. The Morgan fingerprint density at radius 1 is 1.33 bits per heavy atom. The minimum Gasteiger partial charge on any atom is -0.392 e. The van der Waals surface area contributed by atoms with Crippen molar-refractivity contribution in [2.75, 3.05) is 26.2 Å². The molecular weight excluding hydrogens is 230 g/mol. The van der Waals surface area contributed by atoms with Gasteiger partial charge in [0.2, 0.25) is 0 Å².